The van der Waals surface area contributed by atoms with E-state index in [2.05, 4.69) is 43.9 Å². The summed E-state index contributed by atoms with van der Waals surface area (Å²) < 4.78 is 17.4. The minimum absolute atomic E-state index is 0.107. The molecule has 0 aliphatic carbocycles. The lowest BCUT2D eigenvalue weighted by Crippen LogP contribution is -2.51. The van der Waals surface area contributed by atoms with Crippen LogP contribution in [0.25, 0.3) is 10.4 Å². The molecule has 0 N–H and O–H groups in total. The maximum atomic E-state index is 8.65. The molecule has 2 heterocycles. The second-order valence-corrected chi connectivity index (χ2v) is 11.2. The summed E-state index contributed by atoms with van der Waals surface area (Å²) >= 11 is 0. The van der Waals surface area contributed by atoms with Gasteiger partial charge in [-0.25, -0.2) is 0 Å². The molecule has 7 heteroatoms. The van der Waals surface area contributed by atoms with Crippen LogP contribution in [0.4, 0.5) is 0 Å². The van der Waals surface area contributed by atoms with Crippen molar-refractivity contribution in [1.82, 2.24) is 0 Å². The Labute approximate surface area is 108 Å². The Morgan fingerprint density at radius 1 is 1.39 bits per heavy atom. The van der Waals surface area contributed by atoms with Crippen LogP contribution in [0.1, 0.15) is 20.8 Å². The van der Waals surface area contributed by atoms with Gasteiger partial charge >= 0.3 is 0 Å². The fourth-order valence-corrected chi connectivity index (χ4v) is 3.29. The van der Waals surface area contributed by atoms with Crippen LogP contribution in [0.3, 0.4) is 0 Å². The molecule has 0 unspecified atom stereocenters. The summed E-state index contributed by atoms with van der Waals surface area (Å²) in [4.78, 5) is 2.90. The SMILES string of the molecule is CC(C)(C)[Si](C)(C)O[C@H]1[C@@H]2OC[C@@H](O2)[C@@H]1N=[N+]=[N-]. The van der Waals surface area contributed by atoms with Gasteiger partial charge in [0.1, 0.15) is 6.10 Å². The molecule has 2 bridgehead atoms. The van der Waals surface area contributed by atoms with Crippen LogP contribution >= 0.6 is 0 Å². The number of ether oxygens (including phenoxy) is 2. The standard InChI is InChI=1S/C11H21N3O3Si/c1-11(2,3)18(4,5)17-9-8(13-14-12)7-6-15-10(9)16-7/h7-10H,6H2,1-5H3/t7-,8+,9-,10-/m1/s1. The highest BCUT2D eigenvalue weighted by Gasteiger charge is 2.54. The van der Waals surface area contributed by atoms with Gasteiger partial charge < -0.3 is 13.9 Å². The maximum Gasteiger partial charge on any atom is 0.192 e. The summed E-state index contributed by atoms with van der Waals surface area (Å²) in [6.45, 7) is 11.4. The Kier molecular flexibility index (Phi) is 3.46. The van der Waals surface area contributed by atoms with Crippen molar-refractivity contribution >= 4 is 8.32 Å². The van der Waals surface area contributed by atoms with Gasteiger partial charge in [-0.1, -0.05) is 25.9 Å². The summed E-state index contributed by atoms with van der Waals surface area (Å²) in [7, 11) is -1.92. The first-order chi connectivity index (χ1) is 8.26. The molecule has 0 spiro atoms. The monoisotopic (exact) mass is 271 g/mol. The average Bonchev–Trinajstić information content (AvgIpc) is 2.79. The van der Waals surface area contributed by atoms with Crippen molar-refractivity contribution in [2.45, 2.75) is 63.4 Å². The zero-order valence-electron chi connectivity index (χ0n) is 11.6. The van der Waals surface area contributed by atoms with Crippen LogP contribution in [-0.2, 0) is 13.9 Å². The Morgan fingerprint density at radius 3 is 2.61 bits per heavy atom. The molecular formula is C11H21N3O3Si. The predicted octanol–water partition coefficient (Wildman–Crippen LogP) is 2.81. The smallest absolute Gasteiger partial charge is 0.192 e. The first-order valence-corrected chi connectivity index (χ1v) is 9.16. The van der Waals surface area contributed by atoms with Crippen molar-refractivity contribution in [1.29, 1.82) is 0 Å². The van der Waals surface area contributed by atoms with Crippen molar-refractivity contribution in [3.63, 3.8) is 0 Å². The zero-order chi connectivity index (χ0) is 13.6. The molecule has 2 rings (SSSR count). The van der Waals surface area contributed by atoms with Crippen LogP contribution in [0, 0.1) is 0 Å². The van der Waals surface area contributed by atoms with E-state index in [9.17, 15) is 0 Å². The van der Waals surface area contributed by atoms with E-state index >= 15 is 0 Å². The molecule has 0 aromatic rings. The number of fused-ring (bicyclic) bond motifs is 2. The van der Waals surface area contributed by atoms with Crippen LogP contribution in [0.2, 0.25) is 18.1 Å². The highest BCUT2D eigenvalue weighted by Crippen LogP contribution is 2.42. The summed E-state index contributed by atoms with van der Waals surface area (Å²) in [5.74, 6) is 0. The summed E-state index contributed by atoms with van der Waals surface area (Å²) in [5.41, 5.74) is 8.65. The van der Waals surface area contributed by atoms with E-state index in [1.165, 1.54) is 0 Å². The molecule has 2 saturated heterocycles. The molecule has 0 amide bonds. The van der Waals surface area contributed by atoms with Crippen LogP contribution in [-0.4, -0.2) is 39.5 Å². The van der Waals surface area contributed by atoms with Gasteiger partial charge in [-0.15, -0.1) is 0 Å². The molecule has 2 aliphatic rings. The van der Waals surface area contributed by atoms with Crippen molar-refractivity contribution in [2.75, 3.05) is 6.61 Å². The number of rotatable bonds is 3. The molecule has 2 fully saturated rings. The first-order valence-electron chi connectivity index (χ1n) is 6.25. The fourth-order valence-electron chi connectivity index (χ4n) is 2.01. The lowest BCUT2D eigenvalue weighted by atomic mass is 10.1. The highest BCUT2D eigenvalue weighted by molar-refractivity contribution is 6.74. The Hall–Kier alpha value is -0.593. The van der Waals surface area contributed by atoms with E-state index in [4.69, 9.17) is 19.4 Å². The van der Waals surface area contributed by atoms with Crippen LogP contribution < -0.4 is 0 Å². The van der Waals surface area contributed by atoms with Crippen molar-refractivity contribution < 1.29 is 13.9 Å². The number of azide groups is 1. The lowest BCUT2D eigenvalue weighted by Gasteiger charge is -2.40. The van der Waals surface area contributed by atoms with Gasteiger partial charge in [-0.2, -0.15) is 0 Å². The van der Waals surface area contributed by atoms with E-state index in [-0.39, 0.29) is 29.6 Å². The van der Waals surface area contributed by atoms with E-state index in [1.807, 2.05) is 0 Å². The van der Waals surface area contributed by atoms with E-state index in [0.717, 1.165) is 0 Å². The van der Waals surface area contributed by atoms with Crippen molar-refractivity contribution in [3.8, 4) is 0 Å². The minimum atomic E-state index is -1.92. The summed E-state index contributed by atoms with van der Waals surface area (Å²) in [5, 5.41) is 3.93. The van der Waals surface area contributed by atoms with Gasteiger partial charge in [0.05, 0.1) is 18.8 Å². The Morgan fingerprint density at radius 2 is 2.06 bits per heavy atom. The Bertz CT molecular complexity index is 376. The van der Waals surface area contributed by atoms with E-state index in [0.29, 0.717) is 6.61 Å². The number of nitrogens with zero attached hydrogens (tertiary/aromatic N) is 3. The zero-order valence-corrected chi connectivity index (χ0v) is 12.6. The first kappa shape index (κ1) is 13.8. The molecule has 18 heavy (non-hydrogen) atoms. The summed E-state index contributed by atoms with van der Waals surface area (Å²) in [6.07, 6.45) is -0.791. The van der Waals surface area contributed by atoms with Gasteiger partial charge in [0.2, 0.25) is 0 Å². The molecule has 2 aliphatic heterocycles. The molecule has 4 atom stereocenters. The van der Waals surface area contributed by atoms with Gasteiger partial charge in [-0.05, 0) is 23.7 Å². The predicted molar refractivity (Wildman–Crippen MR) is 69.6 cm³/mol. The molecule has 0 saturated carbocycles. The molecule has 0 radical (unpaired) electrons. The Balaban J connectivity index is 2.15. The molecular weight excluding hydrogens is 250 g/mol. The van der Waals surface area contributed by atoms with Gasteiger partial charge in [0, 0.05) is 4.91 Å². The lowest BCUT2D eigenvalue weighted by molar-refractivity contribution is -0.0885. The third-order valence-corrected chi connectivity index (χ3v) is 8.62. The fraction of sp³-hybridized carbons (Fsp3) is 1.00. The second-order valence-electron chi connectivity index (χ2n) is 6.41. The molecule has 0 aromatic carbocycles. The van der Waals surface area contributed by atoms with Gasteiger partial charge in [0.15, 0.2) is 14.6 Å². The largest absolute Gasteiger partial charge is 0.408 e. The topological polar surface area (TPSA) is 76.5 Å². The normalized spacial score (nSPS) is 35.6. The van der Waals surface area contributed by atoms with Gasteiger partial charge in [0.25, 0.3) is 0 Å². The summed E-state index contributed by atoms with van der Waals surface area (Å²) in [6, 6.07) is -0.261. The van der Waals surface area contributed by atoms with E-state index in [1.54, 1.807) is 0 Å². The molecule has 0 aromatic heterocycles. The van der Waals surface area contributed by atoms with Crippen LogP contribution in [0.5, 0.6) is 0 Å². The molecule has 102 valence electrons. The maximum absolute atomic E-state index is 8.65. The third-order valence-electron chi connectivity index (χ3n) is 4.14. The second kappa shape index (κ2) is 4.50. The quantitative estimate of drug-likeness (QED) is 0.343. The average molecular weight is 271 g/mol. The minimum Gasteiger partial charge on any atom is -0.408 e. The highest BCUT2D eigenvalue weighted by atomic mass is 28.4. The van der Waals surface area contributed by atoms with Crippen LogP contribution in [0.15, 0.2) is 5.11 Å². The number of hydrogen-bond acceptors (Lipinski definition) is 4. The van der Waals surface area contributed by atoms with E-state index < -0.39 is 8.32 Å². The number of hydrogen-bond donors (Lipinski definition) is 0. The molecule has 6 nitrogen and oxygen atoms in total. The van der Waals surface area contributed by atoms with Crippen molar-refractivity contribution in [2.24, 2.45) is 5.11 Å². The van der Waals surface area contributed by atoms with Crippen molar-refractivity contribution in [3.05, 3.63) is 10.4 Å². The van der Waals surface area contributed by atoms with Gasteiger partial charge in [-0.3, -0.25) is 0 Å². The third kappa shape index (κ3) is 2.29.